The lowest BCUT2D eigenvalue weighted by Gasteiger charge is -2.28. The maximum atomic E-state index is 12.7. The van der Waals surface area contributed by atoms with Crippen molar-refractivity contribution in [3.63, 3.8) is 0 Å². The van der Waals surface area contributed by atoms with Gasteiger partial charge in [0, 0.05) is 17.1 Å². The summed E-state index contributed by atoms with van der Waals surface area (Å²) >= 11 is 3.59. The zero-order chi connectivity index (χ0) is 16.2. The van der Waals surface area contributed by atoms with Crippen LogP contribution in [0.3, 0.4) is 0 Å². The van der Waals surface area contributed by atoms with E-state index in [1.54, 1.807) is 0 Å². The van der Waals surface area contributed by atoms with Crippen LogP contribution in [-0.4, -0.2) is 23.9 Å². The fourth-order valence-electron chi connectivity index (χ4n) is 2.74. The Kier molecular flexibility index (Phi) is 5.13. The quantitative estimate of drug-likeness (QED) is 0.833. The number of nitrogens with one attached hydrogen (secondary N) is 1. The molecule has 1 aliphatic rings. The highest BCUT2D eigenvalue weighted by atomic mass is 79.9. The first-order valence-corrected chi connectivity index (χ1v) is 8.73. The third-order valence-corrected chi connectivity index (χ3v) is 4.88. The van der Waals surface area contributed by atoms with Gasteiger partial charge < -0.3 is 5.32 Å². The van der Waals surface area contributed by atoms with Gasteiger partial charge in [0.15, 0.2) is 0 Å². The highest BCUT2D eigenvalue weighted by Gasteiger charge is 2.30. The van der Waals surface area contributed by atoms with Gasteiger partial charge in [0.1, 0.15) is 6.04 Å². The first-order chi connectivity index (χ1) is 11.1. The Balaban J connectivity index is 1.81. The zero-order valence-corrected chi connectivity index (χ0v) is 14.8. The third kappa shape index (κ3) is 4.21. The molecular weight excluding hydrogens is 352 g/mol. The molecule has 0 aromatic heterocycles. The number of hydrogen-bond acceptors (Lipinski definition) is 2. The van der Waals surface area contributed by atoms with Gasteiger partial charge >= 0.3 is 0 Å². The van der Waals surface area contributed by atoms with Crippen LogP contribution in [0, 0.1) is 0 Å². The van der Waals surface area contributed by atoms with Crippen molar-refractivity contribution in [1.82, 2.24) is 10.2 Å². The van der Waals surface area contributed by atoms with Crippen LogP contribution in [-0.2, 0) is 11.3 Å². The van der Waals surface area contributed by atoms with Crippen molar-refractivity contribution in [3.8, 4) is 0 Å². The Labute approximate surface area is 145 Å². The Morgan fingerprint density at radius 3 is 2.48 bits per heavy atom. The molecule has 1 N–H and O–H groups in total. The van der Waals surface area contributed by atoms with E-state index in [1.165, 1.54) is 5.56 Å². The number of amides is 1. The molecule has 1 unspecified atom stereocenters. The molecule has 1 aliphatic carbocycles. The molecule has 4 heteroatoms. The summed E-state index contributed by atoms with van der Waals surface area (Å²) in [6.07, 6.45) is 2.20. The fraction of sp³-hybridized carbons (Fsp3) is 0.316. The summed E-state index contributed by atoms with van der Waals surface area (Å²) < 4.78 is 1.07. The smallest absolute Gasteiger partial charge is 0.242 e. The molecule has 0 aliphatic heterocycles. The second-order valence-electron chi connectivity index (χ2n) is 6.10. The van der Waals surface area contributed by atoms with Crippen molar-refractivity contribution in [2.45, 2.75) is 31.5 Å². The number of halogens is 1. The fourth-order valence-corrected chi connectivity index (χ4v) is 3.15. The molecule has 1 saturated carbocycles. The van der Waals surface area contributed by atoms with Crippen LogP contribution >= 0.6 is 15.9 Å². The standard InChI is InChI=1S/C19H21BrN2O/c1-22(13-15-9-5-6-10-17(15)20)18(14-7-3-2-4-8-14)19(23)21-16-11-12-16/h2-10,16,18H,11-13H2,1H3,(H,21,23). The number of hydrogen-bond donors (Lipinski definition) is 1. The number of rotatable bonds is 6. The molecule has 120 valence electrons. The summed E-state index contributed by atoms with van der Waals surface area (Å²) in [7, 11) is 2.00. The predicted octanol–water partition coefficient (Wildman–Crippen LogP) is 3.90. The summed E-state index contributed by atoms with van der Waals surface area (Å²) in [5.41, 5.74) is 2.20. The summed E-state index contributed by atoms with van der Waals surface area (Å²) in [4.78, 5) is 14.9. The van der Waals surface area contributed by atoms with E-state index in [2.05, 4.69) is 32.2 Å². The molecule has 3 rings (SSSR count). The maximum Gasteiger partial charge on any atom is 0.242 e. The van der Waals surface area contributed by atoms with Gasteiger partial charge in [-0.2, -0.15) is 0 Å². The van der Waals surface area contributed by atoms with Crippen LogP contribution in [0.15, 0.2) is 59.1 Å². The van der Waals surface area contributed by atoms with Crippen LogP contribution in [0.1, 0.15) is 30.0 Å². The minimum Gasteiger partial charge on any atom is -0.352 e. The van der Waals surface area contributed by atoms with E-state index < -0.39 is 0 Å². The summed E-state index contributed by atoms with van der Waals surface area (Å²) in [5, 5.41) is 3.14. The molecule has 2 aromatic carbocycles. The van der Waals surface area contributed by atoms with Crippen molar-refractivity contribution in [1.29, 1.82) is 0 Å². The average molecular weight is 373 g/mol. The molecular formula is C19H21BrN2O. The van der Waals surface area contributed by atoms with Crippen LogP contribution in [0.2, 0.25) is 0 Å². The van der Waals surface area contributed by atoms with Crippen molar-refractivity contribution in [3.05, 3.63) is 70.2 Å². The monoisotopic (exact) mass is 372 g/mol. The predicted molar refractivity (Wildman–Crippen MR) is 96.0 cm³/mol. The SMILES string of the molecule is CN(Cc1ccccc1Br)C(C(=O)NC1CC1)c1ccccc1. The first-order valence-electron chi connectivity index (χ1n) is 7.94. The van der Waals surface area contributed by atoms with E-state index in [4.69, 9.17) is 0 Å². The Morgan fingerprint density at radius 2 is 1.83 bits per heavy atom. The van der Waals surface area contributed by atoms with Crippen LogP contribution in [0.25, 0.3) is 0 Å². The zero-order valence-electron chi connectivity index (χ0n) is 13.2. The van der Waals surface area contributed by atoms with Crippen molar-refractivity contribution in [2.24, 2.45) is 0 Å². The van der Waals surface area contributed by atoms with Crippen molar-refractivity contribution in [2.75, 3.05) is 7.05 Å². The molecule has 1 atom stereocenters. The van der Waals surface area contributed by atoms with Crippen LogP contribution < -0.4 is 5.32 Å². The van der Waals surface area contributed by atoms with E-state index >= 15 is 0 Å². The van der Waals surface area contributed by atoms with E-state index in [0.29, 0.717) is 12.6 Å². The second-order valence-corrected chi connectivity index (χ2v) is 6.96. The van der Waals surface area contributed by atoms with Gasteiger partial charge in [-0.3, -0.25) is 9.69 Å². The van der Waals surface area contributed by atoms with Crippen LogP contribution in [0.4, 0.5) is 0 Å². The number of benzene rings is 2. The largest absolute Gasteiger partial charge is 0.352 e. The van der Waals surface area contributed by atoms with E-state index in [0.717, 1.165) is 22.9 Å². The first kappa shape index (κ1) is 16.2. The number of nitrogens with zero attached hydrogens (tertiary/aromatic N) is 1. The molecule has 3 nitrogen and oxygen atoms in total. The summed E-state index contributed by atoms with van der Waals surface area (Å²) in [6.45, 7) is 0.707. The minimum atomic E-state index is -0.274. The lowest BCUT2D eigenvalue weighted by Crippen LogP contribution is -2.39. The van der Waals surface area contributed by atoms with E-state index in [1.807, 2.05) is 55.6 Å². The second kappa shape index (κ2) is 7.28. The van der Waals surface area contributed by atoms with E-state index in [9.17, 15) is 4.79 Å². The molecule has 0 bridgehead atoms. The number of carbonyl (C=O) groups is 1. The molecule has 0 radical (unpaired) electrons. The maximum absolute atomic E-state index is 12.7. The van der Waals surface area contributed by atoms with Gasteiger partial charge in [0.2, 0.25) is 5.91 Å². The summed E-state index contributed by atoms with van der Waals surface area (Å²) in [6, 6.07) is 18.2. The molecule has 23 heavy (non-hydrogen) atoms. The van der Waals surface area contributed by atoms with Crippen LogP contribution in [0.5, 0.6) is 0 Å². The molecule has 1 fully saturated rings. The van der Waals surface area contributed by atoms with Gasteiger partial charge in [-0.15, -0.1) is 0 Å². The lowest BCUT2D eigenvalue weighted by molar-refractivity contribution is -0.126. The lowest BCUT2D eigenvalue weighted by atomic mass is 10.0. The minimum absolute atomic E-state index is 0.0910. The molecule has 0 spiro atoms. The van der Waals surface area contributed by atoms with Gasteiger partial charge in [-0.25, -0.2) is 0 Å². The number of likely N-dealkylation sites (N-methyl/N-ethyl adjacent to an activating group) is 1. The highest BCUT2D eigenvalue weighted by molar-refractivity contribution is 9.10. The third-order valence-electron chi connectivity index (χ3n) is 4.11. The topological polar surface area (TPSA) is 32.3 Å². The van der Waals surface area contributed by atoms with Gasteiger partial charge in [-0.05, 0) is 37.1 Å². The molecule has 0 heterocycles. The Morgan fingerprint density at radius 1 is 1.17 bits per heavy atom. The van der Waals surface area contributed by atoms with E-state index in [-0.39, 0.29) is 11.9 Å². The van der Waals surface area contributed by atoms with Crippen molar-refractivity contribution < 1.29 is 4.79 Å². The highest BCUT2D eigenvalue weighted by Crippen LogP contribution is 2.26. The Bertz CT molecular complexity index is 670. The molecule has 2 aromatic rings. The van der Waals surface area contributed by atoms with Crippen molar-refractivity contribution >= 4 is 21.8 Å². The molecule has 0 saturated heterocycles. The van der Waals surface area contributed by atoms with Gasteiger partial charge in [-0.1, -0.05) is 64.5 Å². The van der Waals surface area contributed by atoms with Gasteiger partial charge in [0.25, 0.3) is 0 Å². The number of carbonyl (C=O) groups excluding carboxylic acids is 1. The average Bonchev–Trinajstić information content (AvgIpc) is 3.35. The normalized spacial score (nSPS) is 15.4. The van der Waals surface area contributed by atoms with Gasteiger partial charge in [0.05, 0.1) is 0 Å². The Hall–Kier alpha value is -1.65. The molecule has 1 amide bonds. The summed E-state index contributed by atoms with van der Waals surface area (Å²) in [5.74, 6) is 0.0910.